The molecule has 128 valence electrons. The van der Waals surface area contributed by atoms with Gasteiger partial charge in [0.15, 0.2) is 0 Å². The fourth-order valence-electron chi connectivity index (χ4n) is 2.98. The van der Waals surface area contributed by atoms with Crippen molar-refractivity contribution in [3.05, 3.63) is 12.2 Å². The normalized spacial score (nSPS) is 23.9. The summed E-state index contributed by atoms with van der Waals surface area (Å²) in [5, 5.41) is 0. The van der Waals surface area contributed by atoms with E-state index in [0.29, 0.717) is 13.0 Å². The molecule has 1 aliphatic heterocycles. The summed E-state index contributed by atoms with van der Waals surface area (Å²) < 4.78 is 5.29. The molecule has 0 fully saturated rings. The molecule has 0 amide bonds. The van der Waals surface area contributed by atoms with E-state index in [9.17, 15) is 4.79 Å². The van der Waals surface area contributed by atoms with Gasteiger partial charge in [0.05, 0.1) is 6.61 Å². The minimum Gasteiger partial charge on any atom is -0.466 e. The van der Waals surface area contributed by atoms with Crippen molar-refractivity contribution in [3.63, 3.8) is 0 Å². The van der Waals surface area contributed by atoms with Crippen molar-refractivity contribution in [1.29, 1.82) is 0 Å². The summed E-state index contributed by atoms with van der Waals surface area (Å²) in [5.41, 5.74) is 0. The Hall–Kier alpha value is -0.790. The van der Waals surface area contributed by atoms with Gasteiger partial charge in [-0.2, -0.15) is 0 Å². The fraction of sp³-hybridized carbons (Fsp3) is 0.850. The van der Waals surface area contributed by atoms with E-state index in [0.717, 1.165) is 12.8 Å². The zero-order valence-corrected chi connectivity index (χ0v) is 14.5. The largest absolute Gasteiger partial charge is 0.466 e. The molecule has 0 unspecified atom stereocenters. The molecular formula is C20H36O2. The van der Waals surface area contributed by atoms with Crippen LogP contribution in [0.3, 0.4) is 0 Å². The summed E-state index contributed by atoms with van der Waals surface area (Å²) in [4.78, 5) is 11.6. The molecule has 0 N–H and O–H groups in total. The number of allylic oxidation sites excluding steroid dienone is 2. The van der Waals surface area contributed by atoms with Crippen LogP contribution in [-0.4, -0.2) is 12.6 Å². The Morgan fingerprint density at radius 1 is 0.591 bits per heavy atom. The summed E-state index contributed by atoms with van der Waals surface area (Å²) in [6, 6.07) is 0. The number of ether oxygens (including phenoxy) is 1. The first-order valence-electron chi connectivity index (χ1n) is 9.70. The second-order valence-corrected chi connectivity index (χ2v) is 6.62. The van der Waals surface area contributed by atoms with Crippen LogP contribution in [0.2, 0.25) is 0 Å². The van der Waals surface area contributed by atoms with E-state index in [4.69, 9.17) is 4.74 Å². The summed E-state index contributed by atoms with van der Waals surface area (Å²) in [6.07, 6.45) is 24.2. The van der Waals surface area contributed by atoms with Gasteiger partial charge in [0.25, 0.3) is 0 Å². The molecule has 0 saturated carbocycles. The van der Waals surface area contributed by atoms with Gasteiger partial charge in [-0.3, -0.25) is 4.79 Å². The van der Waals surface area contributed by atoms with Gasteiger partial charge >= 0.3 is 5.97 Å². The molecule has 0 spiro atoms. The van der Waals surface area contributed by atoms with Crippen molar-refractivity contribution < 1.29 is 9.53 Å². The lowest BCUT2D eigenvalue weighted by Crippen LogP contribution is -2.05. The van der Waals surface area contributed by atoms with Crippen LogP contribution in [0.5, 0.6) is 0 Å². The Morgan fingerprint density at radius 3 is 1.64 bits per heavy atom. The van der Waals surface area contributed by atoms with E-state index in [2.05, 4.69) is 12.2 Å². The average molecular weight is 309 g/mol. The minimum absolute atomic E-state index is 0.0102. The molecule has 0 bridgehead atoms. The molecule has 0 aliphatic carbocycles. The molecule has 1 aliphatic rings. The molecular weight excluding hydrogens is 272 g/mol. The van der Waals surface area contributed by atoms with Crippen molar-refractivity contribution in [2.45, 2.75) is 103 Å². The standard InChI is InChI=1S/C20H36O2/c21-20-18-16-14-12-10-8-6-4-2-1-3-5-7-9-11-13-15-17-19-22-20/h1-2H,3-19H2/b2-1+. The Kier molecular flexibility index (Phi) is 13.2. The lowest BCUT2D eigenvalue weighted by Gasteiger charge is -2.05. The number of esters is 1. The maximum atomic E-state index is 11.6. The zero-order valence-electron chi connectivity index (χ0n) is 14.5. The number of hydrogen-bond acceptors (Lipinski definition) is 2. The number of cyclic esters (lactones) is 1. The molecule has 0 aromatic carbocycles. The average Bonchev–Trinajstić information content (AvgIpc) is 2.52. The van der Waals surface area contributed by atoms with Gasteiger partial charge in [-0.05, 0) is 38.5 Å². The van der Waals surface area contributed by atoms with E-state index >= 15 is 0 Å². The maximum absolute atomic E-state index is 11.6. The first-order chi connectivity index (χ1) is 10.9. The topological polar surface area (TPSA) is 26.3 Å². The van der Waals surface area contributed by atoms with Gasteiger partial charge < -0.3 is 4.74 Å². The fourth-order valence-corrected chi connectivity index (χ4v) is 2.98. The van der Waals surface area contributed by atoms with Crippen LogP contribution in [0, 0.1) is 0 Å². The number of carbonyl (C=O) groups excluding carboxylic acids is 1. The monoisotopic (exact) mass is 308 g/mol. The van der Waals surface area contributed by atoms with Crippen molar-refractivity contribution in [3.8, 4) is 0 Å². The Labute approximate surface area is 137 Å². The lowest BCUT2D eigenvalue weighted by molar-refractivity contribution is -0.143. The number of hydrogen-bond donors (Lipinski definition) is 0. The predicted molar refractivity (Wildman–Crippen MR) is 94.0 cm³/mol. The van der Waals surface area contributed by atoms with Crippen LogP contribution < -0.4 is 0 Å². The second-order valence-electron chi connectivity index (χ2n) is 6.62. The van der Waals surface area contributed by atoms with E-state index in [-0.39, 0.29) is 5.97 Å². The second kappa shape index (κ2) is 15.1. The van der Waals surface area contributed by atoms with Crippen LogP contribution in [-0.2, 0) is 9.53 Å². The summed E-state index contributed by atoms with van der Waals surface area (Å²) >= 11 is 0. The van der Waals surface area contributed by atoms with Crippen molar-refractivity contribution >= 4 is 5.97 Å². The highest BCUT2D eigenvalue weighted by atomic mass is 16.5. The van der Waals surface area contributed by atoms with Crippen molar-refractivity contribution in [1.82, 2.24) is 0 Å². The van der Waals surface area contributed by atoms with Gasteiger partial charge in [0, 0.05) is 6.42 Å². The molecule has 0 aromatic rings. The van der Waals surface area contributed by atoms with Crippen LogP contribution in [0.1, 0.15) is 103 Å². The zero-order chi connectivity index (χ0) is 15.7. The van der Waals surface area contributed by atoms with Crippen molar-refractivity contribution in [2.24, 2.45) is 0 Å². The number of carbonyl (C=O) groups is 1. The molecule has 1 rings (SSSR count). The highest BCUT2D eigenvalue weighted by Gasteiger charge is 2.02. The number of rotatable bonds is 0. The lowest BCUT2D eigenvalue weighted by atomic mass is 10.1. The Bertz CT molecular complexity index is 283. The molecule has 0 saturated heterocycles. The van der Waals surface area contributed by atoms with Crippen LogP contribution in [0.15, 0.2) is 12.2 Å². The van der Waals surface area contributed by atoms with Gasteiger partial charge in [0.2, 0.25) is 0 Å². The Balaban J connectivity index is 2.14. The van der Waals surface area contributed by atoms with Gasteiger partial charge in [-0.15, -0.1) is 0 Å². The minimum atomic E-state index is 0.0102. The molecule has 2 nitrogen and oxygen atoms in total. The third-order valence-electron chi connectivity index (χ3n) is 4.45. The van der Waals surface area contributed by atoms with Crippen molar-refractivity contribution in [2.75, 3.05) is 6.61 Å². The first kappa shape index (κ1) is 19.3. The Morgan fingerprint density at radius 2 is 1.05 bits per heavy atom. The highest BCUT2D eigenvalue weighted by Crippen LogP contribution is 2.12. The molecule has 0 aromatic heterocycles. The van der Waals surface area contributed by atoms with Crippen LogP contribution in [0.4, 0.5) is 0 Å². The van der Waals surface area contributed by atoms with E-state index in [1.54, 1.807) is 0 Å². The predicted octanol–water partition coefficient (Wildman–Crippen LogP) is 6.34. The molecule has 0 radical (unpaired) electrons. The maximum Gasteiger partial charge on any atom is 0.305 e. The summed E-state index contributed by atoms with van der Waals surface area (Å²) in [6.45, 7) is 0.629. The van der Waals surface area contributed by atoms with Crippen LogP contribution >= 0.6 is 0 Å². The van der Waals surface area contributed by atoms with E-state index < -0.39 is 0 Å². The third-order valence-corrected chi connectivity index (χ3v) is 4.45. The highest BCUT2D eigenvalue weighted by molar-refractivity contribution is 5.69. The summed E-state index contributed by atoms with van der Waals surface area (Å²) in [5.74, 6) is 0.0102. The quantitative estimate of drug-likeness (QED) is 0.385. The van der Waals surface area contributed by atoms with Gasteiger partial charge in [0.1, 0.15) is 0 Å². The van der Waals surface area contributed by atoms with E-state index in [1.165, 1.54) is 83.5 Å². The molecule has 2 heteroatoms. The SMILES string of the molecule is O=C1CCCCCCCC/C=C/CCCCCCCCCO1. The van der Waals surface area contributed by atoms with Gasteiger partial charge in [-0.1, -0.05) is 69.9 Å². The van der Waals surface area contributed by atoms with Gasteiger partial charge in [-0.25, -0.2) is 0 Å². The molecule has 1 heterocycles. The van der Waals surface area contributed by atoms with E-state index in [1.807, 2.05) is 0 Å². The van der Waals surface area contributed by atoms with Crippen LogP contribution in [0.25, 0.3) is 0 Å². The first-order valence-corrected chi connectivity index (χ1v) is 9.70. The molecule has 0 atom stereocenters. The third kappa shape index (κ3) is 12.9. The molecule has 22 heavy (non-hydrogen) atoms. The smallest absolute Gasteiger partial charge is 0.305 e. The summed E-state index contributed by atoms with van der Waals surface area (Å²) in [7, 11) is 0.